The maximum atomic E-state index is 11.9. The Morgan fingerprint density at radius 3 is 2.60 bits per heavy atom. The monoisotopic (exact) mass is 231 g/mol. The van der Waals surface area contributed by atoms with Gasteiger partial charge in [0.15, 0.2) is 0 Å². The van der Waals surface area contributed by atoms with Gasteiger partial charge in [0.25, 0.3) is 0 Å². The second-order valence-corrected chi connectivity index (χ2v) is 6.26. The molecule has 0 amide bonds. The van der Waals surface area contributed by atoms with Crippen LogP contribution in [0.3, 0.4) is 0 Å². The topological polar surface area (TPSA) is 29.1 Å². The summed E-state index contributed by atoms with van der Waals surface area (Å²) < 4.78 is 11.9. The van der Waals surface area contributed by atoms with Crippen LogP contribution in [0.5, 0.6) is 0 Å². The Morgan fingerprint density at radius 2 is 2.13 bits per heavy atom. The lowest BCUT2D eigenvalue weighted by Crippen LogP contribution is -2.45. The first-order valence-electron chi connectivity index (χ1n) is 6.31. The Labute approximate surface area is 96.7 Å². The molecule has 1 saturated heterocycles. The van der Waals surface area contributed by atoms with Gasteiger partial charge in [-0.15, -0.1) is 0 Å². The second kappa shape index (κ2) is 7.39. The van der Waals surface area contributed by atoms with E-state index < -0.39 is 10.8 Å². The van der Waals surface area contributed by atoms with Gasteiger partial charge in [-0.2, -0.15) is 0 Å². The summed E-state index contributed by atoms with van der Waals surface area (Å²) in [5.41, 5.74) is 0. The SMILES string of the molecule is CCCCC(CC)CS(=O)CC1CNC1. The molecular weight excluding hydrogens is 206 g/mol. The van der Waals surface area contributed by atoms with E-state index in [1.165, 1.54) is 25.7 Å². The van der Waals surface area contributed by atoms with Crippen LogP contribution in [0.4, 0.5) is 0 Å². The second-order valence-electron chi connectivity index (χ2n) is 4.71. The van der Waals surface area contributed by atoms with Gasteiger partial charge in [-0.25, -0.2) is 0 Å². The van der Waals surface area contributed by atoms with Crippen molar-refractivity contribution in [2.45, 2.75) is 39.5 Å². The van der Waals surface area contributed by atoms with Crippen LogP contribution in [0.1, 0.15) is 39.5 Å². The van der Waals surface area contributed by atoms with E-state index in [1.807, 2.05) is 0 Å². The van der Waals surface area contributed by atoms with Crippen molar-refractivity contribution in [3.8, 4) is 0 Å². The molecule has 2 unspecified atom stereocenters. The van der Waals surface area contributed by atoms with Crippen molar-refractivity contribution < 1.29 is 4.21 Å². The maximum absolute atomic E-state index is 11.9. The minimum absolute atomic E-state index is 0.572. The number of unbranched alkanes of at least 4 members (excludes halogenated alkanes) is 1. The Hall–Kier alpha value is 0.110. The van der Waals surface area contributed by atoms with E-state index in [9.17, 15) is 4.21 Å². The van der Waals surface area contributed by atoms with E-state index >= 15 is 0 Å². The normalized spacial score (nSPS) is 20.9. The average Bonchev–Trinajstić information content (AvgIpc) is 2.18. The molecule has 0 bridgehead atoms. The fraction of sp³-hybridized carbons (Fsp3) is 1.00. The lowest BCUT2D eigenvalue weighted by molar-refractivity contribution is 0.381. The van der Waals surface area contributed by atoms with Crippen LogP contribution in [0.2, 0.25) is 0 Å². The summed E-state index contributed by atoms with van der Waals surface area (Å²) in [5.74, 6) is 3.25. The lowest BCUT2D eigenvalue weighted by atomic mass is 10.0. The number of hydrogen-bond acceptors (Lipinski definition) is 2. The number of rotatable bonds is 8. The summed E-state index contributed by atoms with van der Waals surface area (Å²) in [7, 11) is -0.572. The van der Waals surface area contributed by atoms with Crippen molar-refractivity contribution >= 4 is 10.8 Å². The van der Waals surface area contributed by atoms with Gasteiger partial charge in [0.2, 0.25) is 0 Å². The summed E-state index contributed by atoms with van der Waals surface area (Å²) in [6.45, 7) is 6.61. The first-order valence-corrected chi connectivity index (χ1v) is 7.80. The summed E-state index contributed by atoms with van der Waals surface area (Å²) in [6.07, 6.45) is 5.01. The molecule has 1 aliphatic heterocycles. The molecule has 2 nitrogen and oxygen atoms in total. The molecule has 0 radical (unpaired) electrons. The molecule has 1 aliphatic rings. The lowest BCUT2D eigenvalue weighted by Gasteiger charge is -2.27. The highest BCUT2D eigenvalue weighted by atomic mass is 32.2. The third-order valence-electron chi connectivity index (χ3n) is 3.25. The molecule has 1 heterocycles. The molecule has 0 aromatic heterocycles. The first kappa shape index (κ1) is 13.2. The van der Waals surface area contributed by atoms with Crippen molar-refractivity contribution in [1.82, 2.24) is 5.32 Å². The zero-order valence-corrected chi connectivity index (χ0v) is 10.9. The average molecular weight is 231 g/mol. The highest BCUT2D eigenvalue weighted by Crippen LogP contribution is 2.15. The zero-order chi connectivity index (χ0) is 11.1. The summed E-state index contributed by atoms with van der Waals surface area (Å²) in [4.78, 5) is 0. The first-order chi connectivity index (χ1) is 7.26. The van der Waals surface area contributed by atoms with Crippen molar-refractivity contribution in [1.29, 1.82) is 0 Å². The molecule has 3 heteroatoms. The molecule has 2 atom stereocenters. The van der Waals surface area contributed by atoms with Crippen molar-refractivity contribution in [2.75, 3.05) is 24.6 Å². The van der Waals surface area contributed by atoms with Gasteiger partial charge in [0.05, 0.1) is 0 Å². The van der Waals surface area contributed by atoms with Crippen LogP contribution in [-0.4, -0.2) is 28.8 Å². The Morgan fingerprint density at radius 1 is 1.40 bits per heavy atom. The third-order valence-corrected chi connectivity index (χ3v) is 4.94. The van der Waals surface area contributed by atoms with Gasteiger partial charge in [-0.3, -0.25) is 4.21 Å². The van der Waals surface area contributed by atoms with Gasteiger partial charge in [-0.05, 0) is 18.3 Å². The molecule has 0 aliphatic carbocycles. The van der Waals surface area contributed by atoms with Gasteiger partial charge >= 0.3 is 0 Å². The fourth-order valence-corrected chi connectivity index (χ4v) is 3.78. The number of hydrogen-bond donors (Lipinski definition) is 1. The Bertz CT molecular complexity index is 192. The maximum Gasteiger partial charge on any atom is 0.0287 e. The highest BCUT2D eigenvalue weighted by Gasteiger charge is 2.20. The Kier molecular flexibility index (Phi) is 6.50. The summed E-state index contributed by atoms with van der Waals surface area (Å²) >= 11 is 0. The standard InChI is InChI=1S/C12H25NOS/c1-3-5-6-11(4-2)9-15(14)10-12-7-13-8-12/h11-13H,3-10H2,1-2H3. The minimum Gasteiger partial charge on any atom is -0.316 e. The van der Waals surface area contributed by atoms with E-state index in [1.54, 1.807) is 0 Å². The van der Waals surface area contributed by atoms with Gasteiger partial charge in [0.1, 0.15) is 0 Å². The van der Waals surface area contributed by atoms with E-state index in [2.05, 4.69) is 19.2 Å². The highest BCUT2D eigenvalue weighted by molar-refractivity contribution is 7.85. The predicted molar refractivity (Wildman–Crippen MR) is 67.5 cm³/mol. The smallest absolute Gasteiger partial charge is 0.0287 e. The molecule has 0 saturated carbocycles. The summed E-state index contributed by atoms with van der Waals surface area (Å²) in [6, 6.07) is 0. The fourth-order valence-electron chi connectivity index (χ4n) is 1.96. The molecule has 0 spiro atoms. The number of nitrogens with one attached hydrogen (secondary N) is 1. The summed E-state index contributed by atoms with van der Waals surface area (Å²) in [5, 5.41) is 3.23. The van der Waals surface area contributed by atoms with Gasteiger partial charge in [0, 0.05) is 35.4 Å². The van der Waals surface area contributed by atoms with E-state index in [0.717, 1.165) is 24.6 Å². The molecule has 0 aromatic carbocycles. The quantitative estimate of drug-likeness (QED) is 0.694. The molecule has 90 valence electrons. The van der Waals surface area contributed by atoms with Crippen LogP contribution in [-0.2, 0) is 10.8 Å². The van der Waals surface area contributed by atoms with Crippen LogP contribution in [0.25, 0.3) is 0 Å². The molecule has 15 heavy (non-hydrogen) atoms. The largest absolute Gasteiger partial charge is 0.316 e. The van der Waals surface area contributed by atoms with Crippen molar-refractivity contribution in [2.24, 2.45) is 11.8 Å². The van der Waals surface area contributed by atoms with E-state index in [4.69, 9.17) is 0 Å². The van der Waals surface area contributed by atoms with Crippen LogP contribution < -0.4 is 5.32 Å². The Balaban J connectivity index is 2.14. The molecule has 1 rings (SSSR count). The van der Waals surface area contributed by atoms with Gasteiger partial charge < -0.3 is 5.32 Å². The third kappa shape index (κ3) is 5.12. The molecule has 1 N–H and O–H groups in total. The van der Waals surface area contributed by atoms with Crippen LogP contribution >= 0.6 is 0 Å². The van der Waals surface area contributed by atoms with E-state index in [0.29, 0.717) is 11.8 Å². The van der Waals surface area contributed by atoms with Crippen molar-refractivity contribution in [3.05, 3.63) is 0 Å². The molecular formula is C12H25NOS. The van der Waals surface area contributed by atoms with Crippen LogP contribution in [0.15, 0.2) is 0 Å². The van der Waals surface area contributed by atoms with E-state index in [-0.39, 0.29) is 0 Å². The zero-order valence-electron chi connectivity index (χ0n) is 10.1. The molecule has 0 aromatic rings. The van der Waals surface area contributed by atoms with Crippen LogP contribution in [0, 0.1) is 11.8 Å². The molecule has 1 fully saturated rings. The van der Waals surface area contributed by atoms with Crippen molar-refractivity contribution in [3.63, 3.8) is 0 Å². The predicted octanol–water partition coefficient (Wildman–Crippen LogP) is 2.17. The minimum atomic E-state index is -0.572. The van der Waals surface area contributed by atoms with Gasteiger partial charge in [-0.1, -0.05) is 33.1 Å².